The van der Waals surface area contributed by atoms with Crippen molar-refractivity contribution in [2.45, 2.75) is 78.1 Å². The molecule has 3 heteroatoms. The molecule has 0 fully saturated rings. The third kappa shape index (κ3) is 16.0. The van der Waals surface area contributed by atoms with E-state index in [1.54, 1.807) is 6.92 Å². The van der Waals surface area contributed by atoms with Gasteiger partial charge in [0.15, 0.2) is 5.78 Å². The molecule has 2 nitrogen and oxygen atoms in total. The summed E-state index contributed by atoms with van der Waals surface area (Å²) in [6, 6.07) is 0. The smallest absolute Gasteiger partial charge is 0.156 e. The lowest BCUT2D eigenvalue weighted by Gasteiger charge is -2.02. The summed E-state index contributed by atoms with van der Waals surface area (Å²) in [4.78, 5) is 10.6. The number of ketones is 1. The van der Waals surface area contributed by atoms with Crippen molar-refractivity contribution in [2.24, 2.45) is 0 Å². The van der Waals surface area contributed by atoms with Crippen LogP contribution < -0.4 is 0 Å². The maximum Gasteiger partial charge on any atom is 0.156 e. The fraction of sp³-hybridized carbons (Fsp3) is 0.933. The second kappa shape index (κ2) is 15.0. The maximum absolute atomic E-state index is 10.6. The van der Waals surface area contributed by atoms with Gasteiger partial charge in [-0.2, -0.15) is 0 Å². The van der Waals surface area contributed by atoms with Crippen LogP contribution in [-0.4, -0.2) is 18.1 Å². The summed E-state index contributed by atoms with van der Waals surface area (Å²) in [7, 11) is 0. The van der Waals surface area contributed by atoms with Gasteiger partial charge in [-0.25, -0.2) is 0 Å². The van der Waals surface area contributed by atoms with E-state index in [4.69, 9.17) is 4.18 Å². The van der Waals surface area contributed by atoms with Crippen molar-refractivity contribution in [3.8, 4) is 0 Å². The number of hydrogen-bond acceptors (Lipinski definition) is 3. The van der Waals surface area contributed by atoms with E-state index in [-0.39, 0.29) is 12.4 Å². The number of carbonyl (C=O) groups excluding carboxylic acids is 1. The van der Waals surface area contributed by atoms with Crippen LogP contribution in [-0.2, 0) is 8.98 Å². The molecule has 0 atom stereocenters. The SMILES string of the molecule is CCCCCCCCCCCCSOCC(C)=O. The minimum Gasteiger partial charge on any atom is -0.308 e. The van der Waals surface area contributed by atoms with Gasteiger partial charge in [-0.05, 0) is 25.4 Å². The standard InChI is InChI=1S/C15H30O2S/c1-3-4-5-6-7-8-9-10-11-12-13-18-17-14-15(2)16/h3-14H2,1-2H3. The van der Waals surface area contributed by atoms with Crippen molar-refractivity contribution >= 4 is 17.8 Å². The highest BCUT2D eigenvalue weighted by Gasteiger charge is 1.95. The maximum atomic E-state index is 10.6. The van der Waals surface area contributed by atoms with Crippen molar-refractivity contribution in [3.05, 3.63) is 0 Å². The van der Waals surface area contributed by atoms with Crippen molar-refractivity contribution in [1.82, 2.24) is 0 Å². The second-order valence-corrected chi connectivity index (χ2v) is 5.85. The van der Waals surface area contributed by atoms with Crippen molar-refractivity contribution < 1.29 is 8.98 Å². The summed E-state index contributed by atoms with van der Waals surface area (Å²) in [6.07, 6.45) is 13.6. The lowest BCUT2D eigenvalue weighted by Crippen LogP contribution is -1.99. The van der Waals surface area contributed by atoms with E-state index >= 15 is 0 Å². The molecule has 0 bridgehead atoms. The largest absolute Gasteiger partial charge is 0.308 e. The lowest BCUT2D eigenvalue weighted by atomic mass is 10.1. The van der Waals surface area contributed by atoms with Crippen molar-refractivity contribution in [2.75, 3.05) is 12.4 Å². The zero-order valence-electron chi connectivity index (χ0n) is 12.2. The Morgan fingerprint density at radius 3 is 1.89 bits per heavy atom. The molecule has 0 aliphatic carbocycles. The fourth-order valence-electron chi connectivity index (χ4n) is 1.83. The zero-order chi connectivity index (χ0) is 13.5. The van der Waals surface area contributed by atoms with Gasteiger partial charge in [-0.1, -0.05) is 64.7 Å². The second-order valence-electron chi connectivity index (χ2n) is 4.97. The Kier molecular flexibility index (Phi) is 15.0. The zero-order valence-corrected chi connectivity index (χ0v) is 13.0. The molecular weight excluding hydrogens is 244 g/mol. The Morgan fingerprint density at radius 2 is 1.39 bits per heavy atom. The van der Waals surface area contributed by atoms with E-state index in [1.165, 1.54) is 76.3 Å². The minimum atomic E-state index is 0.102. The summed E-state index contributed by atoms with van der Waals surface area (Å²) in [5, 5.41) is 0. The van der Waals surface area contributed by atoms with Crippen LogP contribution in [0.25, 0.3) is 0 Å². The van der Waals surface area contributed by atoms with E-state index in [9.17, 15) is 4.79 Å². The fourth-order valence-corrected chi connectivity index (χ4v) is 2.52. The average molecular weight is 274 g/mol. The Hall–Kier alpha value is -0.0200. The Balaban J connectivity index is 2.92. The van der Waals surface area contributed by atoms with Crippen LogP contribution in [0.1, 0.15) is 78.1 Å². The first-order chi connectivity index (χ1) is 8.77. The lowest BCUT2D eigenvalue weighted by molar-refractivity contribution is -0.118. The van der Waals surface area contributed by atoms with E-state index < -0.39 is 0 Å². The van der Waals surface area contributed by atoms with Crippen LogP contribution in [0.15, 0.2) is 0 Å². The van der Waals surface area contributed by atoms with Gasteiger partial charge in [-0.3, -0.25) is 4.79 Å². The van der Waals surface area contributed by atoms with E-state index in [0.29, 0.717) is 0 Å². The van der Waals surface area contributed by atoms with Crippen molar-refractivity contribution in [3.63, 3.8) is 0 Å². The number of rotatable bonds is 14. The molecule has 0 N–H and O–H groups in total. The number of carbonyl (C=O) groups is 1. The monoisotopic (exact) mass is 274 g/mol. The van der Waals surface area contributed by atoms with Gasteiger partial charge in [0, 0.05) is 5.75 Å². The molecule has 0 aliphatic heterocycles. The number of hydrogen-bond donors (Lipinski definition) is 0. The quantitative estimate of drug-likeness (QED) is 0.323. The van der Waals surface area contributed by atoms with E-state index in [2.05, 4.69) is 6.92 Å². The van der Waals surface area contributed by atoms with Gasteiger partial charge in [0.25, 0.3) is 0 Å². The molecule has 0 heterocycles. The molecule has 18 heavy (non-hydrogen) atoms. The van der Waals surface area contributed by atoms with Gasteiger partial charge in [0.1, 0.15) is 6.61 Å². The molecule has 0 saturated carbocycles. The van der Waals surface area contributed by atoms with Crippen molar-refractivity contribution in [1.29, 1.82) is 0 Å². The van der Waals surface area contributed by atoms with E-state index in [1.807, 2.05) is 0 Å². The first-order valence-corrected chi connectivity index (χ1v) is 8.42. The first kappa shape index (κ1) is 18.0. The molecular formula is C15H30O2S. The van der Waals surface area contributed by atoms with Crippen LogP contribution in [0.2, 0.25) is 0 Å². The highest BCUT2D eigenvalue weighted by Crippen LogP contribution is 2.12. The Labute approximate surface area is 117 Å². The first-order valence-electron chi connectivity index (χ1n) is 7.51. The molecule has 108 valence electrons. The minimum absolute atomic E-state index is 0.102. The van der Waals surface area contributed by atoms with Gasteiger partial charge >= 0.3 is 0 Å². The molecule has 0 aromatic heterocycles. The summed E-state index contributed by atoms with van der Waals surface area (Å²) in [5.74, 6) is 1.12. The predicted molar refractivity (Wildman–Crippen MR) is 80.9 cm³/mol. The Morgan fingerprint density at radius 1 is 0.889 bits per heavy atom. The van der Waals surface area contributed by atoms with Gasteiger partial charge in [-0.15, -0.1) is 0 Å². The normalized spacial score (nSPS) is 10.8. The highest BCUT2D eigenvalue weighted by molar-refractivity contribution is 7.94. The summed E-state index contributed by atoms with van der Waals surface area (Å²) in [6.45, 7) is 4.07. The molecule has 0 aromatic carbocycles. The highest BCUT2D eigenvalue weighted by atomic mass is 32.2. The molecule has 0 amide bonds. The molecule has 0 radical (unpaired) electrons. The number of Topliss-reactive ketones (excluding diaryl/α,β-unsaturated/α-hetero) is 1. The van der Waals surface area contributed by atoms with Crippen LogP contribution in [0.4, 0.5) is 0 Å². The molecule has 0 aromatic rings. The third-order valence-corrected chi connectivity index (χ3v) is 3.67. The average Bonchev–Trinajstić information content (AvgIpc) is 2.34. The molecule has 0 saturated heterocycles. The van der Waals surface area contributed by atoms with Crippen LogP contribution in [0.3, 0.4) is 0 Å². The molecule has 0 rings (SSSR count). The molecule has 0 spiro atoms. The summed E-state index contributed by atoms with van der Waals surface area (Å²) >= 11 is 1.44. The topological polar surface area (TPSA) is 26.3 Å². The van der Waals surface area contributed by atoms with E-state index in [0.717, 1.165) is 5.75 Å². The Bertz CT molecular complexity index is 183. The van der Waals surface area contributed by atoms with Crippen LogP contribution >= 0.6 is 12.0 Å². The number of unbranched alkanes of at least 4 members (excludes halogenated alkanes) is 9. The summed E-state index contributed by atoms with van der Waals surface area (Å²) < 4.78 is 5.14. The van der Waals surface area contributed by atoms with Crippen LogP contribution in [0, 0.1) is 0 Å². The van der Waals surface area contributed by atoms with Gasteiger partial charge < -0.3 is 4.18 Å². The summed E-state index contributed by atoms with van der Waals surface area (Å²) in [5.41, 5.74) is 0. The molecule has 0 unspecified atom stereocenters. The predicted octanol–water partition coefficient (Wildman–Crippen LogP) is 5.16. The molecule has 0 aliphatic rings. The third-order valence-electron chi connectivity index (χ3n) is 2.93. The van der Waals surface area contributed by atoms with Gasteiger partial charge in [0.05, 0.1) is 0 Å². The van der Waals surface area contributed by atoms with Gasteiger partial charge in [0.2, 0.25) is 0 Å². The van der Waals surface area contributed by atoms with Crippen LogP contribution in [0.5, 0.6) is 0 Å².